The molecule has 25 heavy (non-hydrogen) atoms. The number of nitrogens with one attached hydrogen (secondary N) is 1. The fourth-order valence-electron chi connectivity index (χ4n) is 2.13. The highest BCUT2D eigenvalue weighted by Crippen LogP contribution is 2.30. The van der Waals surface area contributed by atoms with Crippen LogP contribution in [0.5, 0.6) is 11.5 Å². The molecule has 1 aromatic carbocycles. The molecule has 0 spiro atoms. The second-order valence-electron chi connectivity index (χ2n) is 5.28. The van der Waals surface area contributed by atoms with Crippen molar-refractivity contribution in [3.63, 3.8) is 0 Å². The van der Waals surface area contributed by atoms with Crippen LogP contribution in [-0.4, -0.2) is 42.6 Å². The molecule has 2 rings (SSSR count). The number of thiazole rings is 1. The molecule has 1 amide bonds. The first-order valence-corrected chi connectivity index (χ1v) is 8.31. The smallest absolute Gasteiger partial charge is 0.387 e. The van der Waals surface area contributed by atoms with E-state index in [0.29, 0.717) is 17.2 Å². The number of anilines is 1. The van der Waals surface area contributed by atoms with E-state index in [1.165, 1.54) is 24.5 Å². The second kappa shape index (κ2) is 8.72. The summed E-state index contributed by atoms with van der Waals surface area (Å²) < 4.78 is 34.5. The van der Waals surface area contributed by atoms with Crippen molar-refractivity contribution >= 4 is 22.4 Å². The van der Waals surface area contributed by atoms with Gasteiger partial charge in [0.15, 0.2) is 16.6 Å². The van der Waals surface area contributed by atoms with Crippen molar-refractivity contribution in [1.29, 1.82) is 0 Å². The van der Waals surface area contributed by atoms with E-state index < -0.39 is 12.7 Å². The minimum atomic E-state index is -2.94. The number of hydrogen-bond donors (Lipinski definition) is 1. The van der Waals surface area contributed by atoms with E-state index >= 15 is 0 Å². The molecule has 0 fully saturated rings. The average Bonchev–Trinajstić information content (AvgIpc) is 3.06. The van der Waals surface area contributed by atoms with Crippen molar-refractivity contribution in [3.8, 4) is 11.5 Å². The third-order valence-corrected chi connectivity index (χ3v) is 4.27. The Morgan fingerprint density at radius 2 is 2.16 bits per heavy atom. The third kappa shape index (κ3) is 5.36. The fourth-order valence-corrected chi connectivity index (χ4v) is 2.66. The maximum atomic E-state index is 12.5. The van der Waals surface area contributed by atoms with Crippen LogP contribution >= 0.6 is 11.3 Å². The predicted molar refractivity (Wildman–Crippen MR) is 91.3 cm³/mol. The Kier molecular flexibility index (Phi) is 6.65. The number of hydrogen-bond acceptors (Lipinski definition) is 6. The number of rotatable bonds is 8. The van der Waals surface area contributed by atoms with Crippen molar-refractivity contribution in [2.75, 3.05) is 19.5 Å². The third-order valence-electron chi connectivity index (χ3n) is 3.58. The zero-order chi connectivity index (χ0) is 18.4. The maximum absolute atomic E-state index is 12.5. The van der Waals surface area contributed by atoms with Crippen molar-refractivity contribution in [2.24, 2.45) is 0 Å². The van der Waals surface area contributed by atoms with Gasteiger partial charge in [-0.2, -0.15) is 8.78 Å². The van der Waals surface area contributed by atoms with Gasteiger partial charge < -0.3 is 14.8 Å². The molecule has 0 aliphatic rings. The zero-order valence-corrected chi connectivity index (χ0v) is 14.8. The second-order valence-corrected chi connectivity index (χ2v) is 6.18. The molecule has 136 valence electrons. The molecular weight excluding hydrogens is 352 g/mol. The van der Waals surface area contributed by atoms with E-state index in [9.17, 15) is 13.6 Å². The number of benzene rings is 1. The Bertz CT molecular complexity index is 698. The molecule has 0 saturated carbocycles. The van der Waals surface area contributed by atoms with Crippen molar-refractivity contribution in [2.45, 2.75) is 26.1 Å². The summed E-state index contributed by atoms with van der Waals surface area (Å²) in [6.45, 7) is -0.816. The lowest BCUT2D eigenvalue weighted by Crippen LogP contribution is -2.39. The summed E-state index contributed by atoms with van der Waals surface area (Å²) in [4.78, 5) is 18.0. The Balaban J connectivity index is 2.03. The fraction of sp³-hybridized carbons (Fsp3) is 0.375. The Labute approximate surface area is 148 Å². The Hall–Kier alpha value is -2.26. The number of amides is 1. The summed E-state index contributed by atoms with van der Waals surface area (Å²) in [6.07, 6.45) is 1.61. The highest BCUT2D eigenvalue weighted by molar-refractivity contribution is 7.13. The van der Waals surface area contributed by atoms with Gasteiger partial charge in [0.2, 0.25) is 5.91 Å². The molecule has 1 aromatic heterocycles. The van der Waals surface area contributed by atoms with Gasteiger partial charge in [0.1, 0.15) is 0 Å². The highest BCUT2D eigenvalue weighted by atomic mass is 32.1. The Morgan fingerprint density at radius 1 is 1.40 bits per heavy atom. The molecule has 0 saturated heterocycles. The van der Waals surface area contributed by atoms with Crippen LogP contribution in [0.25, 0.3) is 0 Å². The number of nitrogens with zero attached hydrogens (tertiary/aromatic N) is 2. The lowest BCUT2D eigenvalue weighted by molar-refractivity contribution is -0.120. The van der Waals surface area contributed by atoms with Gasteiger partial charge in [-0.15, -0.1) is 11.3 Å². The standard InChI is InChI=1S/C16H19F2N3O3S/c1-10(14(22)20-16-19-6-7-25-16)21(2)9-11-4-5-12(23-3)13(8-11)24-15(17)18/h4-8,10,15H,9H2,1-3H3,(H,19,20,22). The molecule has 0 radical (unpaired) electrons. The molecule has 0 aliphatic carbocycles. The van der Waals surface area contributed by atoms with Gasteiger partial charge in [-0.05, 0) is 31.7 Å². The van der Waals surface area contributed by atoms with Crippen molar-refractivity contribution < 1.29 is 23.0 Å². The van der Waals surface area contributed by atoms with Crippen LogP contribution in [0.3, 0.4) is 0 Å². The molecule has 6 nitrogen and oxygen atoms in total. The topological polar surface area (TPSA) is 63.7 Å². The SMILES string of the molecule is COc1ccc(CN(C)C(C)C(=O)Nc2nccs2)cc1OC(F)F. The van der Waals surface area contributed by atoms with Crippen LogP contribution in [0.2, 0.25) is 0 Å². The van der Waals surface area contributed by atoms with E-state index in [1.807, 2.05) is 0 Å². The quantitative estimate of drug-likeness (QED) is 0.772. The summed E-state index contributed by atoms with van der Waals surface area (Å²) in [7, 11) is 3.15. The summed E-state index contributed by atoms with van der Waals surface area (Å²) in [5.74, 6) is -0.0143. The highest BCUT2D eigenvalue weighted by Gasteiger charge is 2.20. The van der Waals surface area contributed by atoms with Crippen LogP contribution in [0.1, 0.15) is 12.5 Å². The van der Waals surface area contributed by atoms with Crippen LogP contribution in [0.15, 0.2) is 29.8 Å². The van der Waals surface area contributed by atoms with Crippen molar-refractivity contribution in [1.82, 2.24) is 9.88 Å². The number of likely N-dealkylation sites (N-methyl/N-ethyl adjacent to an activating group) is 1. The number of aromatic nitrogens is 1. The number of halogens is 2. The molecule has 1 heterocycles. The Morgan fingerprint density at radius 3 is 2.76 bits per heavy atom. The minimum absolute atomic E-state index is 0.0386. The molecule has 9 heteroatoms. The summed E-state index contributed by atoms with van der Waals surface area (Å²) >= 11 is 1.33. The molecule has 1 N–H and O–H groups in total. The normalized spacial score (nSPS) is 12.3. The van der Waals surface area contributed by atoms with Crippen LogP contribution in [0, 0.1) is 0 Å². The largest absolute Gasteiger partial charge is 0.493 e. The number of methoxy groups -OCH3 is 1. The van der Waals surface area contributed by atoms with Gasteiger partial charge in [-0.1, -0.05) is 6.07 Å². The van der Waals surface area contributed by atoms with Crippen LogP contribution in [-0.2, 0) is 11.3 Å². The number of carbonyl (C=O) groups excluding carboxylic acids is 1. The molecule has 1 atom stereocenters. The van der Waals surface area contributed by atoms with Crippen LogP contribution < -0.4 is 14.8 Å². The minimum Gasteiger partial charge on any atom is -0.493 e. The van der Waals surface area contributed by atoms with Gasteiger partial charge in [-0.3, -0.25) is 9.69 Å². The number of ether oxygens (including phenoxy) is 2. The van der Waals surface area contributed by atoms with Crippen LogP contribution in [0.4, 0.5) is 13.9 Å². The first kappa shape index (κ1) is 19.1. The van der Waals surface area contributed by atoms with Gasteiger partial charge in [0.05, 0.1) is 13.2 Å². The molecular formula is C16H19F2N3O3S. The van der Waals surface area contributed by atoms with E-state index in [-0.39, 0.29) is 17.4 Å². The lowest BCUT2D eigenvalue weighted by atomic mass is 10.1. The summed E-state index contributed by atoms with van der Waals surface area (Å²) in [5, 5.41) is 5.03. The van der Waals surface area contributed by atoms with Gasteiger partial charge in [-0.25, -0.2) is 4.98 Å². The monoisotopic (exact) mass is 371 g/mol. The first-order chi connectivity index (χ1) is 11.9. The number of carbonyl (C=O) groups is 1. The molecule has 1 unspecified atom stereocenters. The molecule has 0 bridgehead atoms. The van der Waals surface area contributed by atoms with E-state index in [0.717, 1.165) is 0 Å². The summed E-state index contributed by atoms with van der Waals surface area (Å²) in [6, 6.07) is 4.33. The average molecular weight is 371 g/mol. The predicted octanol–water partition coefficient (Wildman–Crippen LogP) is 3.21. The van der Waals surface area contributed by atoms with Gasteiger partial charge in [0, 0.05) is 18.1 Å². The van der Waals surface area contributed by atoms with Crippen molar-refractivity contribution in [3.05, 3.63) is 35.3 Å². The maximum Gasteiger partial charge on any atom is 0.387 e. The van der Waals surface area contributed by atoms with Gasteiger partial charge >= 0.3 is 6.61 Å². The van der Waals surface area contributed by atoms with E-state index in [2.05, 4.69) is 15.0 Å². The van der Waals surface area contributed by atoms with E-state index in [1.54, 1.807) is 42.6 Å². The lowest BCUT2D eigenvalue weighted by Gasteiger charge is -2.24. The van der Waals surface area contributed by atoms with E-state index in [4.69, 9.17) is 4.74 Å². The number of alkyl halides is 2. The first-order valence-electron chi connectivity index (χ1n) is 7.43. The summed E-state index contributed by atoms with van der Waals surface area (Å²) in [5.41, 5.74) is 0.716. The molecule has 0 aliphatic heterocycles. The zero-order valence-electron chi connectivity index (χ0n) is 14.0. The van der Waals surface area contributed by atoms with Gasteiger partial charge in [0.25, 0.3) is 0 Å². The molecule has 2 aromatic rings.